The van der Waals surface area contributed by atoms with Crippen molar-refractivity contribution in [3.05, 3.63) is 77.1 Å². The summed E-state index contributed by atoms with van der Waals surface area (Å²) in [5.74, 6) is -1.10. The third kappa shape index (κ3) is 3.18. The lowest BCUT2D eigenvalue weighted by Gasteiger charge is -2.04. The minimum absolute atomic E-state index is 0.0715. The van der Waals surface area contributed by atoms with Gasteiger partial charge in [-0.3, -0.25) is 0 Å². The average Bonchev–Trinajstić information content (AvgIpc) is 2.99. The fraction of sp³-hybridized carbons (Fsp3) is 0.0556. The number of rotatable bonds is 4. The van der Waals surface area contributed by atoms with Crippen LogP contribution in [0.15, 0.2) is 54.6 Å². The Balaban J connectivity index is 2.06. The van der Waals surface area contributed by atoms with E-state index < -0.39 is 5.97 Å². The van der Waals surface area contributed by atoms with Crippen LogP contribution in [-0.4, -0.2) is 26.1 Å². The first-order valence-corrected chi connectivity index (χ1v) is 7.14. The van der Waals surface area contributed by atoms with Crippen LogP contribution in [-0.2, 0) is 0 Å². The summed E-state index contributed by atoms with van der Waals surface area (Å²) < 4.78 is 1.53. The number of aromatic nitrogens is 3. The molecule has 0 amide bonds. The van der Waals surface area contributed by atoms with Gasteiger partial charge in [-0.15, -0.1) is 5.10 Å². The molecule has 3 aromatic rings. The number of aromatic carboxylic acids is 1. The molecule has 0 saturated carbocycles. The van der Waals surface area contributed by atoms with Crippen LogP contribution in [0.2, 0.25) is 0 Å². The number of nitrogens with zero attached hydrogens (tertiary/aromatic N) is 3. The van der Waals surface area contributed by atoms with Gasteiger partial charge in [-0.2, -0.15) is 0 Å². The predicted molar refractivity (Wildman–Crippen MR) is 88.4 cm³/mol. The molecule has 2 aromatic carbocycles. The molecule has 0 aliphatic heterocycles. The van der Waals surface area contributed by atoms with E-state index in [2.05, 4.69) is 10.3 Å². The van der Waals surface area contributed by atoms with E-state index >= 15 is 0 Å². The molecule has 3 rings (SSSR count). The molecule has 5 heteroatoms. The summed E-state index contributed by atoms with van der Waals surface area (Å²) in [7, 11) is 0. The third-order valence-corrected chi connectivity index (χ3v) is 3.42. The molecule has 0 unspecified atom stereocenters. The maximum Gasteiger partial charge on any atom is 0.358 e. The lowest BCUT2D eigenvalue weighted by molar-refractivity contribution is 0.0690. The van der Waals surface area contributed by atoms with Crippen LogP contribution in [0.3, 0.4) is 0 Å². The topological polar surface area (TPSA) is 68.0 Å². The van der Waals surface area contributed by atoms with Crippen molar-refractivity contribution < 1.29 is 9.90 Å². The van der Waals surface area contributed by atoms with Gasteiger partial charge in [0.05, 0.1) is 5.69 Å². The Morgan fingerprint density at radius 2 is 1.74 bits per heavy atom. The van der Waals surface area contributed by atoms with Gasteiger partial charge in [0.25, 0.3) is 0 Å². The lowest BCUT2D eigenvalue weighted by Crippen LogP contribution is -2.03. The van der Waals surface area contributed by atoms with Crippen LogP contribution >= 0.6 is 0 Å². The molecular weight excluding hydrogens is 290 g/mol. The summed E-state index contributed by atoms with van der Waals surface area (Å²) in [4.78, 5) is 11.4. The van der Waals surface area contributed by atoms with Gasteiger partial charge in [0.15, 0.2) is 5.69 Å². The van der Waals surface area contributed by atoms with E-state index in [4.69, 9.17) is 0 Å². The second kappa shape index (κ2) is 6.27. The van der Waals surface area contributed by atoms with Crippen LogP contribution in [0.1, 0.15) is 27.3 Å². The van der Waals surface area contributed by atoms with Gasteiger partial charge in [0, 0.05) is 0 Å². The molecule has 0 spiro atoms. The van der Waals surface area contributed by atoms with E-state index in [1.807, 2.05) is 67.6 Å². The summed E-state index contributed by atoms with van der Waals surface area (Å²) in [6, 6.07) is 17.3. The molecule has 114 valence electrons. The molecule has 0 atom stereocenters. The number of aryl methyl sites for hydroxylation is 1. The van der Waals surface area contributed by atoms with Crippen molar-refractivity contribution in [3.8, 4) is 5.69 Å². The Bertz CT molecular complexity index is 850. The first-order chi connectivity index (χ1) is 11.1. The zero-order valence-electron chi connectivity index (χ0n) is 12.5. The Hall–Kier alpha value is -3.21. The quantitative estimate of drug-likeness (QED) is 0.801. The van der Waals surface area contributed by atoms with E-state index in [9.17, 15) is 9.90 Å². The van der Waals surface area contributed by atoms with Gasteiger partial charge in [0.1, 0.15) is 5.69 Å². The van der Waals surface area contributed by atoms with Crippen molar-refractivity contribution in [2.24, 2.45) is 0 Å². The molecule has 0 radical (unpaired) electrons. The van der Waals surface area contributed by atoms with Crippen molar-refractivity contribution in [1.82, 2.24) is 15.0 Å². The number of carboxylic acids is 1. The zero-order chi connectivity index (χ0) is 16.2. The number of carboxylic acid groups (broad SMARTS) is 1. The Morgan fingerprint density at radius 3 is 2.39 bits per heavy atom. The first kappa shape index (κ1) is 14.7. The monoisotopic (exact) mass is 305 g/mol. The van der Waals surface area contributed by atoms with Crippen LogP contribution < -0.4 is 0 Å². The van der Waals surface area contributed by atoms with Gasteiger partial charge in [-0.05, 0) is 30.7 Å². The molecule has 1 heterocycles. The van der Waals surface area contributed by atoms with Gasteiger partial charge in [-0.25, -0.2) is 9.48 Å². The lowest BCUT2D eigenvalue weighted by atomic mass is 10.2. The summed E-state index contributed by atoms with van der Waals surface area (Å²) in [5.41, 5.74) is 3.22. The van der Waals surface area contributed by atoms with Crippen LogP contribution in [0.4, 0.5) is 0 Å². The van der Waals surface area contributed by atoms with E-state index in [0.29, 0.717) is 5.69 Å². The van der Waals surface area contributed by atoms with Crippen LogP contribution in [0.5, 0.6) is 0 Å². The van der Waals surface area contributed by atoms with Gasteiger partial charge in [0.2, 0.25) is 0 Å². The highest BCUT2D eigenvalue weighted by Gasteiger charge is 2.17. The number of benzene rings is 2. The molecule has 1 aromatic heterocycles. The summed E-state index contributed by atoms with van der Waals surface area (Å²) in [6.07, 6.45) is 3.56. The second-order valence-electron chi connectivity index (χ2n) is 5.12. The Morgan fingerprint density at radius 1 is 1.04 bits per heavy atom. The molecular formula is C18H15N3O2. The molecule has 0 fully saturated rings. The molecule has 0 aliphatic carbocycles. The fourth-order valence-electron chi connectivity index (χ4n) is 2.21. The first-order valence-electron chi connectivity index (χ1n) is 7.14. The van der Waals surface area contributed by atoms with Gasteiger partial charge in [-0.1, -0.05) is 59.3 Å². The minimum atomic E-state index is -1.10. The second-order valence-corrected chi connectivity index (χ2v) is 5.12. The molecule has 0 bridgehead atoms. The summed E-state index contributed by atoms with van der Waals surface area (Å²) >= 11 is 0. The standard InChI is InChI=1S/C18H15N3O2/c1-13-7-10-15(11-8-13)21-16(17(18(22)23)19-20-21)12-9-14-5-3-2-4-6-14/h2-12H,1H3,(H,22,23)/b12-9+. The fourth-order valence-corrected chi connectivity index (χ4v) is 2.21. The van der Waals surface area contributed by atoms with Crippen LogP contribution in [0, 0.1) is 6.92 Å². The zero-order valence-corrected chi connectivity index (χ0v) is 12.5. The normalized spacial score (nSPS) is 11.0. The van der Waals surface area contributed by atoms with Crippen molar-refractivity contribution in [2.75, 3.05) is 0 Å². The average molecular weight is 305 g/mol. The minimum Gasteiger partial charge on any atom is -0.476 e. The highest BCUT2D eigenvalue weighted by molar-refractivity contribution is 5.90. The number of hydrogen-bond donors (Lipinski definition) is 1. The number of hydrogen-bond acceptors (Lipinski definition) is 3. The molecule has 0 aliphatic rings. The largest absolute Gasteiger partial charge is 0.476 e. The Kier molecular flexibility index (Phi) is 4.01. The maximum atomic E-state index is 11.4. The van der Waals surface area contributed by atoms with Crippen molar-refractivity contribution in [3.63, 3.8) is 0 Å². The number of carbonyl (C=O) groups is 1. The smallest absolute Gasteiger partial charge is 0.358 e. The van der Waals surface area contributed by atoms with Crippen molar-refractivity contribution >= 4 is 18.1 Å². The summed E-state index contributed by atoms with van der Waals surface area (Å²) in [5, 5.41) is 17.1. The SMILES string of the molecule is Cc1ccc(-n2nnc(C(=O)O)c2/C=C/c2ccccc2)cc1. The van der Waals surface area contributed by atoms with Gasteiger partial charge < -0.3 is 5.11 Å². The predicted octanol–water partition coefficient (Wildman–Crippen LogP) is 3.44. The van der Waals surface area contributed by atoms with E-state index in [1.165, 1.54) is 4.68 Å². The molecule has 1 N–H and O–H groups in total. The van der Waals surface area contributed by atoms with E-state index in [1.54, 1.807) is 6.08 Å². The highest BCUT2D eigenvalue weighted by Crippen LogP contribution is 2.17. The molecule has 5 nitrogen and oxygen atoms in total. The Labute approximate surface area is 133 Å². The van der Waals surface area contributed by atoms with Crippen molar-refractivity contribution in [1.29, 1.82) is 0 Å². The molecule has 23 heavy (non-hydrogen) atoms. The van der Waals surface area contributed by atoms with Crippen LogP contribution in [0.25, 0.3) is 17.8 Å². The maximum absolute atomic E-state index is 11.4. The van der Waals surface area contributed by atoms with Gasteiger partial charge >= 0.3 is 5.97 Å². The van der Waals surface area contributed by atoms with Crippen molar-refractivity contribution in [2.45, 2.75) is 6.92 Å². The highest BCUT2D eigenvalue weighted by atomic mass is 16.4. The third-order valence-electron chi connectivity index (χ3n) is 3.42. The molecule has 0 saturated heterocycles. The van der Waals surface area contributed by atoms with E-state index in [0.717, 1.165) is 16.8 Å². The van der Waals surface area contributed by atoms with E-state index in [-0.39, 0.29) is 5.69 Å². The summed E-state index contributed by atoms with van der Waals surface area (Å²) in [6.45, 7) is 1.99.